The van der Waals surface area contributed by atoms with Crippen molar-refractivity contribution in [3.05, 3.63) is 11.1 Å². The summed E-state index contributed by atoms with van der Waals surface area (Å²) in [5.74, 6) is 0. The van der Waals surface area contributed by atoms with E-state index >= 15 is 0 Å². The topological polar surface area (TPSA) is 36.1 Å². The van der Waals surface area contributed by atoms with Gasteiger partial charge in [-0.05, 0) is 18.1 Å². The number of nitriles is 1. The Labute approximate surface area is 54.5 Å². The second-order valence-corrected chi connectivity index (χ2v) is 2.09. The fourth-order valence-electron chi connectivity index (χ4n) is 0.800. The molecule has 0 amide bonds. The lowest BCUT2D eigenvalue weighted by Gasteiger charge is -1.91. The summed E-state index contributed by atoms with van der Waals surface area (Å²) in [6.45, 7) is 2.72. The van der Waals surface area contributed by atoms with Crippen LogP contribution in [0.5, 0.6) is 0 Å². The van der Waals surface area contributed by atoms with Crippen molar-refractivity contribution in [2.75, 3.05) is 6.54 Å². The molecule has 0 saturated carbocycles. The molecule has 0 fully saturated rings. The van der Waals surface area contributed by atoms with Crippen LogP contribution in [0.25, 0.3) is 0 Å². The molecule has 9 heavy (non-hydrogen) atoms. The normalized spacial score (nSPS) is 16.4. The molecule has 1 aliphatic heterocycles. The first kappa shape index (κ1) is 6.03. The number of rotatable bonds is 1. The maximum Gasteiger partial charge on any atom is 0.0667 e. The summed E-state index contributed by atoms with van der Waals surface area (Å²) in [6.07, 6.45) is 2.36. The van der Waals surface area contributed by atoms with Crippen LogP contribution in [-0.4, -0.2) is 12.8 Å². The van der Waals surface area contributed by atoms with E-state index in [1.165, 1.54) is 0 Å². The number of aliphatic imine (C=N–C) groups is 1. The lowest BCUT2D eigenvalue weighted by molar-refractivity contribution is 1.09. The SMILES string of the molecule is CC1=C(CC#N)CN=C1. The van der Waals surface area contributed by atoms with E-state index in [0.29, 0.717) is 6.42 Å². The summed E-state index contributed by atoms with van der Waals surface area (Å²) in [6, 6.07) is 2.10. The van der Waals surface area contributed by atoms with Crippen LogP contribution in [-0.2, 0) is 0 Å². The monoisotopic (exact) mass is 120 g/mol. The number of nitrogens with zero attached hydrogens (tertiary/aromatic N) is 2. The highest BCUT2D eigenvalue weighted by molar-refractivity contribution is 5.81. The molecule has 0 aromatic rings. The molecule has 0 N–H and O–H groups in total. The molecule has 1 aliphatic rings. The summed E-state index contributed by atoms with van der Waals surface area (Å²) in [5, 5.41) is 8.30. The van der Waals surface area contributed by atoms with Crippen LogP contribution in [0.2, 0.25) is 0 Å². The zero-order valence-electron chi connectivity index (χ0n) is 5.39. The molecule has 0 aromatic heterocycles. The van der Waals surface area contributed by atoms with E-state index in [0.717, 1.165) is 17.7 Å². The van der Waals surface area contributed by atoms with Crippen molar-refractivity contribution in [3.8, 4) is 6.07 Å². The van der Waals surface area contributed by atoms with Gasteiger partial charge in [-0.1, -0.05) is 0 Å². The van der Waals surface area contributed by atoms with Crippen LogP contribution >= 0.6 is 0 Å². The molecule has 0 unspecified atom stereocenters. The van der Waals surface area contributed by atoms with Gasteiger partial charge in [-0.25, -0.2) is 0 Å². The van der Waals surface area contributed by atoms with Crippen LogP contribution in [0, 0.1) is 11.3 Å². The van der Waals surface area contributed by atoms with Gasteiger partial charge in [0.05, 0.1) is 19.0 Å². The van der Waals surface area contributed by atoms with Gasteiger partial charge in [0, 0.05) is 6.21 Å². The first-order chi connectivity index (χ1) is 4.34. The van der Waals surface area contributed by atoms with Gasteiger partial charge in [0.15, 0.2) is 0 Å². The quantitative estimate of drug-likeness (QED) is 0.513. The van der Waals surface area contributed by atoms with Crippen molar-refractivity contribution >= 4 is 6.21 Å². The second-order valence-electron chi connectivity index (χ2n) is 2.09. The Balaban J connectivity index is 2.64. The second kappa shape index (κ2) is 2.45. The standard InChI is InChI=1S/C7H8N2/c1-6-4-9-5-7(6)2-3-8/h4H,2,5H2,1H3. The molecule has 1 heterocycles. The molecular weight excluding hydrogens is 112 g/mol. The van der Waals surface area contributed by atoms with Gasteiger partial charge >= 0.3 is 0 Å². The smallest absolute Gasteiger partial charge is 0.0667 e. The predicted octanol–water partition coefficient (Wildman–Crippen LogP) is 1.30. The third-order valence-electron chi connectivity index (χ3n) is 1.42. The van der Waals surface area contributed by atoms with E-state index in [4.69, 9.17) is 5.26 Å². The Hall–Kier alpha value is -1.10. The third kappa shape index (κ3) is 1.17. The Morgan fingerprint density at radius 2 is 2.67 bits per heavy atom. The molecule has 0 saturated heterocycles. The van der Waals surface area contributed by atoms with Crippen molar-refractivity contribution in [1.82, 2.24) is 0 Å². The molecule has 46 valence electrons. The zero-order valence-corrected chi connectivity index (χ0v) is 5.39. The Kier molecular flexibility index (Phi) is 1.64. The number of hydrogen-bond acceptors (Lipinski definition) is 2. The highest BCUT2D eigenvalue weighted by Crippen LogP contribution is 2.11. The van der Waals surface area contributed by atoms with Gasteiger partial charge in [-0.2, -0.15) is 5.26 Å². The average Bonchev–Trinajstić information content (AvgIpc) is 2.18. The summed E-state index contributed by atoms with van der Waals surface area (Å²) in [7, 11) is 0. The summed E-state index contributed by atoms with van der Waals surface area (Å²) >= 11 is 0. The summed E-state index contributed by atoms with van der Waals surface area (Å²) in [4.78, 5) is 4.01. The molecule has 0 bridgehead atoms. The molecular formula is C7H8N2. The van der Waals surface area contributed by atoms with Gasteiger partial charge in [-0.15, -0.1) is 0 Å². The van der Waals surface area contributed by atoms with E-state index in [1.54, 1.807) is 0 Å². The van der Waals surface area contributed by atoms with Gasteiger partial charge in [0.2, 0.25) is 0 Å². The molecule has 2 heteroatoms. The first-order valence-electron chi connectivity index (χ1n) is 2.90. The lowest BCUT2D eigenvalue weighted by Crippen LogP contribution is -1.84. The highest BCUT2D eigenvalue weighted by Gasteiger charge is 2.03. The van der Waals surface area contributed by atoms with E-state index in [2.05, 4.69) is 11.1 Å². The summed E-state index contributed by atoms with van der Waals surface area (Å²) < 4.78 is 0. The maximum absolute atomic E-state index is 8.30. The van der Waals surface area contributed by atoms with Gasteiger partial charge in [0.1, 0.15) is 0 Å². The first-order valence-corrected chi connectivity index (χ1v) is 2.90. The third-order valence-corrected chi connectivity index (χ3v) is 1.42. The lowest BCUT2D eigenvalue weighted by atomic mass is 10.1. The minimum Gasteiger partial charge on any atom is -0.288 e. The number of allylic oxidation sites excluding steroid dienone is 1. The fourth-order valence-corrected chi connectivity index (χ4v) is 0.800. The minimum absolute atomic E-state index is 0.534. The molecule has 1 rings (SSSR count). The Morgan fingerprint density at radius 1 is 1.89 bits per heavy atom. The van der Waals surface area contributed by atoms with Crippen molar-refractivity contribution in [3.63, 3.8) is 0 Å². The Bertz CT molecular complexity index is 205. The van der Waals surface area contributed by atoms with Crippen molar-refractivity contribution in [1.29, 1.82) is 5.26 Å². The average molecular weight is 120 g/mol. The molecule has 0 atom stereocenters. The molecule has 0 aromatic carbocycles. The summed E-state index contributed by atoms with van der Waals surface area (Å²) in [5.41, 5.74) is 2.33. The highest BCUT2D eigenvalue weighted by atomic mass is 14.7. The van der Waals surface area contributed by atoms with Gasteiger partial charge < -0.3 is 0 Å². The van der Waals surface area contributed by atoms with Crippen LogP contribution < -0.4 is 0 Å². The van der Waals surface area contributed by atoms with Gasteiger partial charge in [-0.3, -0.25) is 4.99 Å². The molecule has 0 spiro atoms. The predicted molar refractivity (Wildman–Crippen MR) is 36.3 cm³/mol. The zero-order chi connectivity index (χ0) is 6.69. The molecule has 0 aliphatic carbocycles. The fraction of sp³-hybridized carbons (Fsp3) is 0.429. The minimum atomic E-state index is 0.534. The van der Waals surface area contributed by atoms with Crippen LogP contribution in [0.1, 0.15) is 13.3 Å². The Morgan fingerprint density at radius 3 is 3.11 bits per heavy atom. The van der Waals surface area contributed by atoms with Crippen molar-refractivity contribution < 1.29 is 0 Å². The molecule has 0 radical (unpaired) electrons. The van der Waals surface area contributed by atoms with E-state index in [1.807, 2.05) is 13.1 Å². The van der Waals surface area contributed by atoms with Crippen LogP contribution in [0.15, 0.2) is 16.1 Å². The van der Waals surface area contributed by atoms with E-state index in [9.17, 15) is 0 Å². The van der Waals surface area contributed by atoms with E-state index < -0.39 is 0 Å². The van der Waals surface area contributed by atoms with Crippen molar-refractivity contribution in [2.45, 2.75) is 13.3 Å². The number of hydrogen-bond donors (Lipinski definition) is 0. The van der Waals surface area contributed by atoms with Crippen LogP contribution in [0.3, 0.4) is 0 Å². The van der Waals surface area contributed by atoms with E-state index in [-0.39, 0.29) is 0 Å². The van der Waals surface area contributed by atoms with Gasteiger partial charge in [0.25, 0.3) is 0 Å². The maximum atomic E-state index is 8.30. The van der Waals surface area contributed by atoms with Crippen LogP contribution in [0.4, 0.5) is 0 Å². The van der Waals surface area contributed by atoms with Crippen molar-refractivity contribution in [2.24, 2.45) is 4.99 Å². The largest absolute Gasteiger partial charge is 0.288 e. The molecule has 2 nitrogen and oxygen atoms in total.